The average molecular weight is 893 g/mol. The minimum atomic E-state index is 0.892. The second-order valence-electron chi connectivity index (χ2n) is 19.4. The average Bonchev–Trinajstić information content (AvgIpc) is 4.27. The van der Waals surface area contributed by atoms with Gasteiger partial charge in [0.2, 0.25) is 0 Å². The smallest absolute Gasteiger partial charge is 0.164 e. The molecular weight excluding hydrogens is 857 g/mol. The van der Waals surface area contributed by atoms with Crippen molar-refractivity contribution in [3.8, 4) is 44.5 Å². The Morgan fingerprint density at radius 3 is 1.54 bits per heavy atom. The van der Waals surface area contributed by atoms with E-state index < -0.39 is 0 Å². The van der Waals surface area contributed by atoms with Crippen LogP contribution in [0.3, 0.4) is 0 Å². The maximum Gasteiger partial charge on any atom is 0.164 e. The first-order valence-corrected chi connectivity index (χ1v) is 24.1. The Balaban J connectivity index is 0.000000117. The van der Waals surface area contributed by atoms with E-state index >= 15 is 0 Å². The molecule has 14 aromatic rings. The molecule has 0 atom stereocenters. The van der Waals surface area contributed by atoms with Crippen molar-refractivity contribution in [2.45, 2.75) is 25.7 Å². The zero-order valence-electron chi connectivity index (χ0n) is 37.6. The molecule has 0 saturated carbocycles. The Morgan fingerprint density at radius 2 is 0.871 bits per heavy atom. The van der Waals surface area contributed by atoms with Gasteiger partial charge >= 0.3 is 0 Å². The fourth-order valence-corrected chi connectivity index (χ4v) is 13.1. The Bertz CT molecular complexity index is 4730. The molecule has 6 aromatic carbocycles. The highest BCUT2D eigenvalue weighted by atomic mass is 15.1. The summed E-state index contributed by atoms with van der Waals surface area (Å²) < 4.78 is 4.44. The van der Waals surface area contributed by atoms with E-state index in [1.807, 2.05) is 55.4 Å². The predicted molar refractivity (Wildman–Crippen MR) is 280 cm³/mol. The zero-order valence-corrected chi connectivity index (χ0v) is 37.6. The number of nitrogens with zero attached hydrogens (tertiary/aromatic N) is 8. The molecule has 8 nitrogen and oxygen atoms in total. The van der Waals surface area contributed by atoms with Gasteiger partial charge in [-0.05, 0) is 168 Å². The number of hydrogen-bond acceptors (Lipinski definition) is 6. The van der Waals surface area contributed by atoms with Crippen LogP contribution in [0.15, 0.2) is 171 Å². The van der Waals surface area contributed by atoms with Crippen LogP contribution in [-0.4, -0.2) is 38.7 Å². The van der Waals surface area contributed by atoms with Gasteiger partial charge in [0.25, 0.3) is 0 Å². The van der Waals surface area contributed by atoms with E-state index in [-0.39, 0.29) is 0 Å². The molecule has 8 heteroatoms. The maximum absolute atomic E-state index is 5.12. The summed E-state index contributed by atoms with van der Waals surface area (Å²) in [6.45, 7) is 0. The van der Waals surface area contributed by atoms with Crippen molar-refractivity contribution >= 4 is 77.0 Å². The minimum Gasteiger partial charge on any atom is -0.276 e. The summed E-state index contributed by atoms with van der Waals surface area (Å²) >= 11 is 0. The molecule has 0 radical (unpaired) electrons. The largest absolute Gasteiger partial charge is 0.276 e. The molecule has 0 bridgehead atoms. The van der Waals surface area contributed by atoms with E-state index in [0.717, 1.165) is 81.1 Å². The summed E-state index contributed by atoms with van der Waals surface area (Å²) in [5.41, 5.74) is 30.1. The molecule has 324 valence electrons. The lowest BCUT2D eigenvalue weighted by Crippen LogP contribution is -1.96. The summed E-state index contributed by atoms with van der Waals surface area (Å²) in [6.07, 6.45) is 15.2. The van der Waals surface area contributed by atoms with Crippen LogP contribution < -0.4 is 0 Å². The quantitative estimate of drug-likeness (QED) is 0.141. The van der Waals surface area contributed by atoms with Crippen LogP contribution in [0, 0.1) is 0 Å². The summed E-state index contributed by atoms with van der Waals surface area (Å²) in [5.74, 6) is 0. The van der Waals surface area contributed by atoms with Crippen molar-refractivity contribution in [3.05, 3.63) is 215 Å². The van der Waals surface area contributed by atoms with Crippen LogP contribution in [-0.2, 0) is 25.7 Å². The molecule has 0 spiro atoms. The van der Waals surface area contributed by atoms with Crippen LogP contribution in [0.25, 0.3) is 121 Å². The molecule has 70 heavy (non-hydrogen) atoms. The van der Waals surface area contributed by atoms with Gasteiger partial charge in [-0.3, -0.25) is 18.8 Å². The van der Waals surface area contributed by atoms with E-state index in [2.05, 4.69) is 134 Å². The number of imidazole rings is 2. The molecule has 0 fully saturated rings. The van der Waals surface area contributed by atoms with E-state index in [4.69, 9.17) is 19.9 Å². The van der Waals surface area contributed by atoms with Crippen molar-refractivity contribution in [2.24, 2.45) is 0 Å². The first kappa shape index (κ1) is 36.9. The number of benzene rings is 6. The number of aromatic nitrogens is 8. The number of rotatable bonds is 0. The topological polar surface area (TPSA) is 86.2 Å². The van der Waals surface area contributed by atoms with Crippen LogP contribution in [0.4, 0.5) is 0 Å². The second kappa shape index (κ2) is 13.3. The van der Waals surface area contributed by atoms with E-state index in [1.165, 1.54) is 111 Å². The van der Waals surface area contributed by atoms with Gasteiger partial charge in [-0.2, -0.15) is 0 Å². The lowest BCUT2D eigenvalue weighted by molar-refractivity contribution is 1.22. The number of fused-ring (bicyclic) bond motifs is 31. The van der Waals surface area contributed by atoms with Crippen molar-refractivity contribution < 1.29 is 0 Å². The fraction of sp³-hybridized carbons (Fsp3) is 0.0645. The zero-order chi connectivity index (χ0) is 45.3. The van der Waals surface area contributed by atoms with Crippen LogP contribution >= 0.6 is 0 Å². The Kier molecular flexibility index (Phi) is 7.02. The van der Waals surface area contributed by atoms with Crippen molar-refractivity contribution in [1.82, 2.24) is 38.7 Å². The highest BCUT2D eigenvalue weighted by Crippen LogP contribution is 2.51. The SMILES string of the molecule is c1ccc2c(c1)Cc1cc3c(cc1-2)Cc1c-3ccc2c3cnccc3n3c4ncccc4nc3c12.c1ccc2c(c1)Cc1ccc3c(c1-2)Cc1c-3ccc2c3cnccc3n3c4ncccc4nc3c12. The van der Waals surface area contributed by atoms with Gasteiger partial charge in [0.1, 0.15) is 22.3 Å². The lowest BCUT2D eigenvalue weighted by atomic mass is 9.95. The third-order valence-corrected chi connectivity index (χ3v) is 15.9. The fourth-order valence-electron chi connectivity index (χ4n) is 13.1. The molecule has 0 amide bonds. The Morgan fingerprint density at radius 1 is 0.343 bits per heavy atom. The summed E-state index contributed by atoms with van der Waals surface area (Å²) in [5, 5.41) is 7.12. The molecule has 0 N–H and O–H groups in total. The first-order valence-electron chi connectivity index (χ1n) is 24.1. The highest BCUT2D eigenvalue weighted by molar-refractivity contribution is 6.18. The summed E-state index contributed by atoms with van der Waals surface area (Å²) in [4.78, 5) is 28.6. The molecule has 0 unspecified atom stereocenters. The summed E-state index contributed by atoms with van der Waals surface area (Å²) in [7, 11) is 0. The van der Waals surface area contributed by atoms with Crippen molar-refractivity contribution in [3.63, 3.8) is 0 Å². The lowest BCUT2D eigenvalue weighted by Gasteiger charge is -2.12. The highest BCUT2D eigenvalue weighted by Gasteiger charge is 2.32. The molecule has 18 rings (SSSR count). The minimum absolute atomic E-state index is 0.892. The monoisotopic (exact) mass is 892 g/mol. The normalized spacial score (nSPS) is 13.5. The molecule has 4 aliphatic carbocycles. The molecular formula is C62H36N8. The van der Waals surface area contributed by atoms with E-state index in [0.29, 0.717) is 0 Å². The molecule has 8 heterocycles. The maximum atomic E-state index is 5.12. The van der Waals surface area contributed by atoms with Crippen LogP contribution in [0.5, 0.6) is 0 Å². The second-order valence-corrected chi connectivity index (χ2v) is 19.4. The summed E-state index contributed by atoms with van der Waals surface area (Å²) in [6, 6.07) is 48.5. The van der Waals surface area contributed by atoms with E-state index in [9.17, 15) is 0 Å². The number of hydrogen-bond donors (Lipinski definition) is 0. The molecule has 4 aliphatic rings. The Labute approximate surface area is 399 Å². The van der Waals surface area contributed by atoms with Gasteiger partial charge in [0.15, 0.2) is 11.3 Å². The molecule has 8 aromatic heterocycles. The third-order valence-electron chi connectivity index (χ3n) is 15.9. The van der Waals surface area contributed by atoms with Gasteiger partial charge in [0.05, 0.1) is 11.0 Å². The van der Waals surface area contributed by atoms with E-state index in [1.54, 1.807) is 0 Å². The van der Waals surface area contributed by atoms with Gasteiger partial charge in [0, 0.05) is 65.1 Å². The van der Waals surface area contributed by atoms with Crippen molar-refractivity contribution in [1.29, 1.82) is 0 Å². The van der Waals surface area contributed by atoms with Gasteiger partial charge in [-0.15, -0.1) is 0 Å². The van der Waals surface area contributed by atoms with Crippen LogP contribution in [0.2, 0.25) is 0 Å². The first-order chi connectivity index (χ1) is 34.7. The Hall–Kier alpha value is -9.14. The molecule has 0 saturated heterocycles. The third kappa shape index (κ3) is 4.74. The number of pyridine rings is 6. The van der Waals surface area contributed by atoms with Crippen molar-refractivity contribution in [2.75, 3.05) is 0 Å². The molecule has 0 aliphatic heterocycles. The van der Waals surface area contributed by atoms with Gasteiger partial charge < -0.3 is 0 Å². The standard InChI is InChI=1S/2C31H18N4/c1-2-5-19-17(4-1)14-18-7-8-20-21-9-10-22-25-16-32-13-11-27(25)35-30-26(6-3-12-33-30)34-31(35)29(22)24(21)15-23(20)28(18)19;1-2-5-20-17(4-1)12-18-13-24-19(14-23(18)20)15-25-21(24)7-8-22-26-16-32-11-9-28(26)35-30-27(6-3-10-33-30)34-31(35)29(22)25/h1-13,16H,14-15H2;1-11,13-14,16H,12,15H2. The van der Waals surface area contributed by atoms with Crippen LogP contribution in [0.1, 0.15) is 44.5 Å². The predicted octanol–water partition coefficient (Wildman–Crippen LogP) is 13.5. The van der Waals surface area contributed by atoms with Gasteiger partial charge in [-0.25, -0.2) is 19.9 Å². The van der Waals surface area contributed by atoms with Gasteiger partial charge in [-0.1, -0.05) is 84.9 Å².